The van der Waals surface area contributed by atoms with Crippen LogP contribution in [0, 0.1) is 5.92 Å². The Kier molecular flexibility index (Phi) is 5.72. The van der Waals surface area contributed by atoms with Gasteiger partial charge < -0.3 is 15.2 Å². The fraction of sp³-hybridized carbons (Fsp3) is 0.647. The summed E-state index contributed by atoms with van der Waals surface area (Å²) in [5.41, 5.74) is 7.45. The van der Waals surface area contributed by atoms with Crippen LogP contribution < -0.4 is 15.2 Å². The summed E-state index contributed by atoms with van der Waals surface area (Å²) in [6.07, 6.45) is 9.23. The van der Waals surface area contributed by atoms with Crippen molar-refractivity contribution in [1.82, 2.24) is 0 Å². The van der Waals surface area contributed by atoms with Gasteiger partial charge in [-0.3, -0.25) is 0 Å². The number of rotatable bonds is 6. The van der Waals surface area contributed by atoms with Crippen LogP contribution in [-0.2, 0) is 0 Å². The highest BCUT2D eigenvalue weighted by atomic mass is 16.5. The first-order valence-electron chi connectivity index (χ1n) is 7.72. The summed E-state index contributed by atoms with van der Waals surface area (Å²) in [6, 6.07) is 5.95. The molecule has 20 heavy (non-hydrogen) atoms. The third-order valence-electron chi connectivity index (χ3n) is 4.45. The smallest absolute Gasteiger partial charge is 0.127 e. The Bertz CT molecular complexity index is 413. The van der Waals surface area contributed by atoms with E-state index in [-0.39, 0.29) is 6.04 Å². The molecular formula is C17H27NO2. The molecule has 1 unspecified atom stereocenters. The van der Waals surface area contributed by atoms with Crippen LogP contribution in [0.2, 0.25) is 0 Å². The van der Waals surface area contributed by atoms with Crippen LogP contribution in [0.3, 0.4) is 0 Å². The minimum absolute atomic E-state index is 0.0535. The molecule has 1 aliphatic carbocycles. The highest BCUT2D eigenvalue weighted by molar-refractivity contribution is 5.42. The molecule has 1 fully saturated rings. The molecule has 112 valence electrons. The number of nitrogens with two attached hydrogens (primary N) is 1. The quantitative estimate of drug-likeness (QED) is 0.852. The molecular weight excluding hydrogens is 250 g/mol. The van der Waals surface area contributed by atoms with E-state index in [1.54, 1.807) is 14.2 Å². The Morgan fingerprint density at radius 3 is 2.55 bits per heavy atom. The van der Waals surface area contributed by atoms with E-state index < -0.39 is 0 Å². The molecule has 2 N–H and O–H groups in total. The molecule has 1 saturated carbocycles. The van der Waals surface area contributed by atoms with Gasteiger partial charge in [0, 0.05) is 17.7 Å². The second-order valence-corrected chi connectivity index (χ2v) is 5.80. The zero-order valence-electron chi connectivity index (χ0n) is 12.7. The lowest BCUT2D eigenvalue weighted by atomic mass is 9.84. The average Bonchev–Trinajstić information content (AvgIpc) is 2.52. The van der Waals surface area contributed by atoms with Crippen molar-refractivity contribution in [1.29, 1.82) is 0 Å². The molecule has 1 atom stereocenters. The van der Waals surface area contributed by atoms with Crippen LogP contribution in [0.25, 0.3) is 0 Å². The van der Waals surface area contributed by atoms with Gasteiger partial charge in [-0.05, 0) is 24.8 Å². The van der Waals surface area contributed by atoms with Crippen molar-refractivity contribution >= 4 is 0 Å². The van der Waals surface area contributed by atoms with Crippen molar-refractivity contribution < 1.29 is 9.47 Å². The molecule has 3 heteroatoms. The lowest BCUT2D eigenvalue weighted by Gasteiger charge is -2.23. The monoisotopic (exact) mass is 277 g/mol. The van der Waals surface area contributed by atoms with Gasteiger partial charge in [0.2, 0.25) is 0 Å². The standard InChI is InChI=1S/C17H27NO2/c1-19-14-9-10-15(17(12-14)20-2)16(18)11-8-13-6-4-3-5-7-13/h9-10,12-13,16H,3-8,11,18H2,1-2H3. The first kappa shape index (κ1) is 15.2. The molecule has 0 saturated heterocycles. The van der Waals surface area contributed by atoms with Gasteiger partial charge in [-0.2, -0.15) is 0 Å². The molecule has 0 aromatic heterocycles. The van der Waals surface area contributed by atoms with E-state index in [1.807, 2.05) is 18.2 Å². The summed E-state index contributed by atoms with van der Waals surface area (Å²) in [7, 11) is 3.35. The highest BCUT2D eigenvalue weighted by Gasteiger charge is 2.17. The van der Waals surface area contributed by atoms with E-state index >= 15 is 0 Å². The van der Waals surface area contributed by atoms with Gasteiger partial charge in [0.1, 0.15) is 11.5 Å². The number of ether oxygens (including phenoxy) is 2. The number of hydrogen-bond acceptors (Lipinski definition) is 3. The van der Waals surface area contributed by atoms with Crippen molar-refractivity contribution in [2.75, 3.05) is 14.2 Å². The van der Waals surface area contributed by atoms with Gasteiger partial charge in [0.15, 0.2) is 0 Å². The molecule has 0 heterocycles. The van der Waals surface area contributed by atoms with Crippen molar-refractivity contribution in [2.45, 2.75) is 51.0 Å². The largest absolute Gasteiger partial charge is 0.497 e. The summed E-state index contributed by atoms with van der Waals surface area (Å²) < 4.78 is 10.7. The van der Waals surface area contributed by atoms with Crippen molar-refractivity contribution in [3.8, 4) is 11.5 Å². The van der Waals surface area contributed by atoms with Crippen LogP contribution in [0.4, 0.5) is 0 Å². The van der Waals surface area contributed by atoms with E-state index in [0.29, 0.717) is 0 Å². The van der Waals surface area contributed by atoms with Gasteiger partial charge in [-0.1, -0.05) is 38.2 Å². The fourth-order valence-electron chi connectivity index (χ4n) is 3.17. The van der Waals surface area contributed by atoms with E-state index in [2.05, 4.69) is 0 Å². The fourth-order valence-corrected chi connectivity index (χ4v) is 3.17. The summed E-state index contributed by atoms with van der Waals surface area (Å²) in [6.45, 7) is 0. The first-order chi connectivity index (χ1) is 9.74. The predicted molar refractivity (Wildman–Crippen MR) is 82.3 cm³/mol. The van der Waals surface area contributed by atoms with E-state index in [4.69, 9.17) is 15.2 Å². The van der Waals surface area contributed by atoms with Crippen LogP contribution in [0.5, 0.6) is 11.5 Å². The minimum Gasteiger partial charge on any atom is -0.497 e. The Balaban J connectivity index is 1.95. The Labute approximate surface area is 122 Å². The van der Waals surface area contributed by atoms with Crippen LogP contribution in [0.1, 0.15) is 56.6 Å². The second-order valence-electron chi connectivity index (χ2n) is 5.80. The molecule has 2 rings (SSSR count). The SMILES string of the molecule is COc1ccc(C(N)CCC2CCCCC2)c(OC)c1. The maximum Gasteiger partial charge on any atom is 0.127 e. The molecule has 1 aliphatic rings. The number of hydrogen-bond donors (Lipinski definition) is 1. The molecule has 0 radical (unpaired) electrons. The molecule has 3 nitrogen and oxygen atoms in total. The molecule has 1 aromatic carbocycles. The average molecular weight is 277 g/mol. The maximum atomic E-state index is 6.36. The molecule has 0 amide bonds. The third-order valence-corrected chi connectivity index (χ3v) is 4.45. The summed E-state index contributed by atoms with van der Waals surface area (Å²) in [5.74, 6) is 2.52. The Morgan fingerprint density at radius 1 is 1.15 bits per heavy atom. The maximum absolute atomic E-state index is 6.36. The predicted octanol–water partition coefficient (Wildman–Crippen LogP) is 4.06. The molecule has 0 aliphatic heterocycles. The van der Waals surface area contributed by atoms with Crippen LogP contribution in [-0.4, -0.2) is 14.2 Å². The Morgan fingerprint density at radius 2 is 1.90 bits per heavy atom. The lowest BCUT2D eigenvalue weighted by Crippen LogP contribution is -2.15. The van der Waals surface area contributed by atoms with Crippen molar-refractivity contribution in [2.24, 2.45) is 11.7 Å². The summed E-state index contributed by atoms with van der Waals surface area (Å²) in [5, 5.41) is 0. The first-order valence-corrected chi connectivity index (χ1v) is 7.72. The second kappa shape index (κ2) is 7.53. The lowest BCUT2D eigenvalue weighted by molar-refractivity contribution is 0.321. The van der Waals surface area contributed by atoms with E-state index in [9.17, 15) is 0 Å². The van der Waals surface area contributed by atoms with Gasteiger partial charge in [-0.15, -0.1) is 0 Å². The molecule has 0 spiro atoms. The van der Waals surface area contributed by atoms with Crippen molar-refractivity contribution in [3.05, 3.63) is 23.8 Å². The van der Waals surface area contributed by atoms with Gasteiger partial charge >= 0.3 is 0 Å². The normalized spacial score (nSPS) is 17.8. The van der Waals surface area contributed by atoms with Crippen molar-refractivity contribution in [3.63, 3.8) is 0 Å². The zero-order chi connectivity index (χ0) is 14.4. The third kappa shape index (κ3) is 3.89. The van der Waals surface area contributed by atoms with Gasteiger partial charge in [0.05, 0.1) is 14.2 Å². The van der Waals surface area contributed by atoms with Crippen LogP contribution in [0.15, 0.2) is 18.2 Å². The van der Waals surface area contributed by atoms with Gasteiger partial charge in [-0.25, -0.2) is 0 Å². The Hall–Kier alpha value is -1.22. The zero-order valence-corrected chi connectivity index (χ0v) is 12.7. The minimum atomic E-state index is 0.0535. The molecule has 1 aromatic rings. The summed E-state index contributed by atoms with van der Waals surface area (Å²) >= 11 is 0. The number of benzene rings is 1. The number of methoxy groups -OCH3 is 2. The van der Waals surface area contributed by atoms with Crippen LogP contribution >= 0.6 is 0 Å². The summed E-state index contributed by atoms with van der Waals surface area (Å²) in [4.78, 5) is 0. The highest BCUT2D eigenvalue weighted by Crippen LogP contribution is 2.33. The molecule has 0 bridgehead atoms. The van der Waals surface area contributed by atoms with E-state index in [1.165, 1.54) is 38.5 Å². The van der Waals surface area contributed by atoms with Gasteiger partial charge in [0.25, 0.3) is 0 Å². The topological polar surface area (TPSA) is 44.5 Å². The van der Waals surface area contributed by atoms with E-state index in [0.717, 1.165) is 29.4 Å².